The SMILES string of the molecule is Cn1c2ccc(OCCC[N+](C)(C)C)cc2c(=O)c2cc(OCCC[N+](C)(C)C)ccc21. The number of hydrogen-bond donors (Lipinski definition) is 0. The minimum absolute atomic E-state index is 0.0155. The Morgan fingerprint density at radius 2 is 1.12 bits per heavy atom. The second kappa shape index (κ2) is 9.51. The van der Waals surface area contributed by atoms with Gasteiger partial charge in [-0.3, -0.25) is 4.79 Å². The van der Waals surface area contributed by atoms with Gasteiger partial charge in [-0.15, -0.1) is 0 Å². The molecule has 3 rings (SSSR count). The third kappa shape index (κ3) is 6.24. The number of quaternary nitrogens is 2. The molecule has 32 heavy (non-hydrogen) atoms. The van der Waals surface area contributed by atoms with Crippen molar-refractivity contribution >= 4 is 21.8 Å². The lowest BCUT2D eigenvalue weighted by Crippen LogP contribution is -2.36. The summed E-state index contributed by atoms with van der Waals surface area (Å²) in [4.78, 5) is 13.3. The van der Waals surface area contributed by atoms with Gasteiger partial charge in [-0.25, -0.2) is 0 Å². The zero-order valence-corrected chi connectivity index (χ0v) is 20.8. The number of aryl methyl sites for hydroxylation is 1. The van der Waals surface area contributed by atoms with Crippen LogP contribution < -0.4 is 14.9 Å². The van der Waals surface area contributed by atoms with Crippen molar-refractivity contribution in [3.8, 4) is 11.5 Å². The van der Waals surface area contributed by atoms with E-state index in [2.05, 4.69) is 46.9 Å². The van der Waals surface area contributed by atoms with Crippen LogP contribution in [0.4, 0.5) is 0 Å². The molecule has 0 saturated heterocycles. The molecule has 0 saturated carbocycles. The number of benzene rings is 2. The molecule has 0 fully saturated rings. The Balaban J connectivity index is 1.82. The summed E-state index contributed by atoms with van der Waals surface area (Å²) >= 11 is 0. The van der Waals surface area contributed by atoms with Crippen LogP contribution in [0.25, 0.3) is 21.8 Å². The number of rotatable bonds is 10. The van der Waals surface area contributed by atoms with Crippen molar-refractivity contribution in [3.05, 3.63) is 46.6 Å². The fourth-order valence-corrected chi connectivity index (χ4v) is 3.89. The van der Waals surface area contributed by atoms with Crippen LogP contribution in [0, 0.1) is 0 Å². The van der Waals surface area contributed by atoms with Crippen molar-refractivity contribution < 1.29 is 18.4 Å². The van der Waals surface area contributed by atoms with Crippen LogP contribution in [-0.4, -0.2) is 82.1 Å². The minimum atomic E-state index is 0.0155. The molecule has 2 aromatic carbocycles. The lowest BCUT2D eigenvalue weighted by molar-refractivity contribution is -0.870. The summed E-state index contributed by atoms with van der Waals surface area (Å²) in [5, 5.41) is 1.34. The molecular formula is C26H39N3O3+2. The Kier molecular flexibility index (Phi) is 7.16. The zero-order chi connectivity index (χ0) is 23.5. The fraction of sp³-hybridized carbons (Fsp3) is 0.500. The van der Waals surface area contributed by atoms with E-state index in [-0.39, 0.29) is 5.43 Å². The Labute approximate surface area is 191 Å². The fourth-order valence-electron chi connectivity index (χ4n) is 3.89. The number of hydrogen-bond acceptors (Lipinski definition) is 3. The standard InChI is InChI=1S/C26H39N3O3/c1-27-24-12-10-20(31-16-8-14-28(2,3)4)18-22(24)26(30)23-19-21(11-13-25(23)27)32-17-9-15-29(5,6)7/h10-13,18-19H,8-9,14-17H2,1-7H3/q+2. The van der Waals surface area contributed by atoms with Gasteiger partial charge in [0.05, 0.1) is 79.6 Å². The second-order valence-electron chi connectivity index (χ2n) is 10.7. The van der Waals surface area contributed by atoms with Crippen molar-refractivity contribution in [2.45, 2.75) is 12.8 Å². The highest BCUT2D eigenvalue weighted by Crippen LogP contribution is 2.25. The third-order valence-electron chi connectivity index (χ3n) is 5.63. The predicted octanol–water partition coefficient (Wildman–Crippen LogP) is 3.64. The molecule has 0 bridgehead atoms. The summed E-state index contributed by atoms with van der Waals surface area (Å²) in [7, 11) is 15.0. The van der Waals surface area contributed by atoms with E-state index < -0.39 is 0 Å². The van der Waals surface area contributed by atoms with E-state index in [9.17, 15) is 4.79 Å². The van der Waals surface area contributed by atoms with Crippen LogP contribution in [-0.2, 0) is 7.05 Å². The van der Waals surface area contributed by atoms with Gasteiger partial charge < -0.3 is 23.0 Å². The molecule has 0 N–H and O–H groups in total. The largest absolute Gasteiger partial charge is 0.493 e. The van der Waals surface area contributed by atoms with E-state index >= 15 is 0 Å². The number of fused-ring (bicyclic) bond motifs is 2. The molecular weight excluding hydrogens is 402 g/mol. The van der Waals surface area contributed by atoms with E-state index in [0.29, 0.717) is 24.0 Å². The third-order valence-corrected chi connectivity index (χ3v) is 5.63. The van der Waals surface area contributed by atoms with Crippen molar-refractivity contribution in [2.75, 3.05) is 68.6 Å². The highest BCUT2D eigenvalue weighted by atomic mass is 16.5. The molecule has 1 aromatic heterocycles. The van der Waals surface area contributed by atoms with E-state index in [0.717, 1.165) is 57.4 Å². The summed E-state index contributed by atoms with van der Waals surface area (Å²) in [6.07, 6.45) is 1.93. The van der Waals surface area contributed by atoms with Crippen LogP contribution in [0.2, 0.25) is 0 Å². The molecule has 0 aliphatic heterocycles. The smallest absolute Gasteiger partial charge is 0.197 e. The molecule has 174 valence electrons. The van der Waals surface area contributed by atoms with E-state index in [4.69, 9.17) is 9.47 Å². The first kappa shape index (κ1) is 24.1. The van der Waals surface area contributed by atoms with Gasteiger partial charge in [0.25, 0.3) is 0 Å². The summed E-state index contributed by atoms with van der Waals surface area (Å²) in [5.41, 5.74) is 1.82. The lowest BCUT2D eigenvalue weighted by atomic mass is 10.1. The average Bonchev–Trinajstić information content (AvgIpc) is 2.71. The molecule has 6 nitrogen and oxygen atoms in total. The molecule has 1 heterocycles. The normalized spacial score (nSPS) is 12.5. The highest BCUT2D eigenvalue weighted by Gasteiger charge is 2.12. The van der Waals surface area contributed by atoms with Crippen LogP contribution in [0.3, 0.4) is 0 Å². The summed E-state index contributed by atoms with van der Waals surface area (Å²) in [5.74, 6) is 1.48. The van der Waals surface area contributed by atoms with Gasteiger partial charge in [0.1, 0.15) is 11.5 Å². The first-order valence-corrected chi connectivity index (χ1v) is 11.4. The van der Waals surface area contributed by atoms with Crippen LogP contribution in [0.5, 0.6) is 11.5 Å². The Morgan fingerprint density at radius 3 is 1.50 bits per heavy atom. The van der Waals surface area contributed by atoms with Gasteiger partial charge >= 0.3 is 0 Å². The van der Waals surface area contributed by atoms with Gasteiger partial charge in [-0.05, 0) is 36.4 Å². The van der Waals surface area contributed by atoms with Gasteiger partial charge in [-0.2, -0.15) is 0 Å². The summed E-state index contributed by atoms with van der Waals surface area (Å²) in [6.45, 7) is 3.36. The summed E-state index contributed by atoms with van der Waals surface area (Å²) in [6, 6.07) is 11.6. The van der Waals surface area contributed by atoms with Gasteiger partial charge in [-0.1, -0.05) is 0 Å². The van der Waals surface area contributed by atoms with Crippen LogP contribution >= 0.6 is 0 Å². The zero-order valence-electron chi connectivity index (χ0n) is 20.8. The van der Waals surface area contributed by atoms with Crippen molar-refractivity contribution in [3.63, 3.8) is 0 Å². The first-order chi connectivity index (χ1) is 14.9. The van der Waals surface area contributed by atoms with Crippen molar-refractivity contribution in [2.24, 2.45) is 7.05 Å². The van der Waals surface area contributed by atoms with Crippen molar-refractivity contribution in [1.82, 2.24) is 4.57 Å². The molecule has 0 aliphatic carbocycles. The maximum Gasteiger partial charge on any atom is 0.197 e. The minimum Gasteiger partial charge on any atom is -0.493 e. The number of ether oxygens (including phenoxy) is 2. The lowest BCUT2D eigenvalue weighted by Gasteiger charge is -2.23. The van der Waals surface area contributed by atoms with Crippen LogP contribution in [0.1, 0.15) is 12.8 Å². The molecule has 3 aromatic rings. The van der Waals surface area contributed by atoms with Crippen molar-refractivity contribution in [1.29, 1.82) is 0 Å². The maximum atomic E-state index is 13.3. The molecule has 6 heteroatoms. The monoisotopic (exact) mass is 441 g/mol. The number of nitrogens with zero attached hydrogens (tertiary/aromatic N) is 3. The van der Waals surface area contributed by atoms with E-state index in [1.54, 1.807) is 0 Å². The van der Waals surface area contributed by atoms with E-state index in [1.165, 1.54) is 0 Å². The topological polar surface area (TPSA) is 40.5 Å². The molecule has 0 radical (unpaired) electrons. The predicted molar refractivity (Wildman–Crippen MR) is 133 cm³/mol. The molecule has 0 spiro atoms. The van der Waals surface area contributed by atoms with Gasteiger partial charge in [0.15, 0.2) is 5.43 Å². The summed E-state index contributed by atoms with van der Waals surface area (Å²) < 4.78 is 15.8. The molecule has 0 aliphatic rings. The highest BCUT2D eigenvalue weighted by molar-refractivity contribution is 5.94. The Bertz CT molecular complexity index is 1050. The average molecular weight is 442 g/mol. The first-order valence-electron chi connectivity index (χ1n) is 11.4. The number of aromatic nitrogens is 1. The molecule has 0 unspecified atom stereocenters. The Hall–Kier alpha value is -2.57. The quantitative estimate of drug-likeness (QED) is 0.274. The number of pyridine rings is 1. The molecule has 0 amide bonds. The van der Waals surface area contributed by atoms with Gasteiger partial charge in [0.2, 0.25) is 0 Å². The van der Waals surface area contributed by atoms with Crippen LogP contribution in [0.15, 0.2) is 41.2 Å². The Morgan fingerprint density at radius 1 is 0.719 bits per heavy atom. The van der Waals surface area contributed by atoms with Gasteiger partial charge in [0, 0.05) is 30.7 Å². The van der Waals surface area contributed by atoms with E-state index in [1.807, 2.05) is 43.4 Å². The second-order valence-corrected chi connectivity index (χ2v) is 10.7. The maximum absolute atomic E-state index is 13.3. The molecule has 0 atom stereocenters.